The molecule has 1 atom stereocenters. The van der Waals surface area contributed by atoms with Crippen LogP contribution in [-0.2, 0) is 0 Å². The van der Waals surface area contributed by atoms with Crippen LogP contribution < -0.4 is 10.1 Å². The lowest BCUT2D eigenvalue weighted by Crippen LogP contribution is -2.14. The number of anilines is 1. The molecular weight excluding hydrogens is 318 g/mol. The van der Waals surface area contributed by atoms with E-state index in [1.165, 1.54) is 25.7 Å². The molecule has 0 aliphatic carbocycles. The number of hydrogen-bond acceptors (Lipinski definition) is 4. The van der Waals surface area contributed by atoms with Gasteiger partial charge in [0.05, 0.1) is 6.10 Å². The average molecular weight is 344 g/mol. The van der Waals surface area contributed by atoms with Crippen LogP contribution in [0.15, 0.2) is 10.8 Å². The zero-order chi connectivity index (χ0) is 14.8. The summed E-state index contributed by atoms with van der Waals surface area (Å²) >= 11 is 3.52. The van der Waals surface area contributed by atoms with Gasteiger partial charge in [-0.15, -0.1) is 0 Å². The number of hydrogen-bond donors (Lipinski definition) is 1. The minimum atomic E-state index is 0.178. The molecule has 114 valence electrons. The van der Waals surface area contributed by atoms with Crippen molar-refractivity contribution in [2.24, 2.45) is 0 Å². The van der Waals surface area contributed by atoms with E-state index in [1.54, 1.807) is 6.33 Å². The van der Waals surface area contributed by atoms with Crippen molar-refractivity contribution in [2.75, 3.05) is 11.9 Å². The number of ether oxygens (including phenoxy) is 1. The zero-order valence-corrected chi connectivity index (χ0v) is 14.4. The summed E-state index contributed by atoms with van der Waals surface area (Å²) in [5.74, 6) is 1.43. The first-order valence-electron chi connectivity index (χ1n) is 7.60. The highest BCUT2D eigenvalue weighted by molar-refractivity contribution is 9.10. The molecule has 1 heterocycles. The van der Waals surface area contributed by atoms with Crippen LogP contribution in [0, 0.1) is 0 Å². The minimum Gasteiger partial charge on any atom is -0.474 e. The molecule has 0 fully saturated rings. The van der Waals surface area contributed by atoms with Crippen LogP contribution in [0.4, 0.5) is 5.82 Å². The van der Waals surface area contributed by atoms with Gasteiger partial charge >= 0.3 is 0 Å². The molecule has 1 aromatic heterocycles. The van der Waals surface area contributed by atoms with Crippen LogP contribution in [0.3, 0.4) is 0 Å². The van der Waals surface area contributed by atoms with Gasteiger partial charge in [0.1, 0.15) is 16.6 Å². The van der Waals surface area contributed by atoms with Crippen LogP contribution in [-0.4, -0.2) is 22.6 Å². The number of nitrogens with zero attached hydrogens (tertiary/aromatic N) is 2. The van der Waals surface area contributed by atoms with Crippen molar-refractivity contribution in [3.05, 3.63) is 10.8 Å². The highest BCUT2D eigenvalue weighted by Crippen LogP contribution is 2.29. The minimum absolute atomic E-state index is 0.178. The summed E-state index contributed by atoms with van der Waals surface area (Å²) in [5, 5.41) is 3.26. The summed E-state index contributed by atoms with van der Waals surface area (Å²) in [6.07, 6.45) is 8.89. The second-order valence-electron chi connectivity index (χ2n) is 5.05. The van der Waals surface area contributed by atoms with Gasteiger partial charge in [-0.05, 0) is 42.1 Å². The van der Waals surface area contributed by atoms with Crippen molar-refractivity contribution in [2.45, 2.75) is 65.4 Å². The Balaban J connectivity index is 2.49. The van der Waals surface area contributed by atoms with E-state index in [0.29, 0.717) is 5.88 Å². The third kappa shape index (κ3) is 6.07. The maximum Gasteiger partial charge on any atom is 0.233 e. The second-order valence-corrected chi connectivity index (χ2v) is 5.84. The molecule has 0 radical (unpaired) electrons. The Kier molecular flexibility index (Phi) is 8.58. The van der Waals surface area contributed by atoms with E-state index in [9.17, 15) is 0 Å². The van der Waals surface area contributed by atoms with Crippen molar-refractivity contribution in [1.29, 1.82) is 0 Å². The standard InChI is InChI=1S/C15H26BrN3O/c1-4-6-7-8-9-12(3)20-15-13(16)14(17-10-5-2)18-11-19-15/h11-12H,4-10H2,1-3H3,(H,17,18,19). The molecule has 0 aliphatic heterocycles. The molecule has 0 bridgehead atoms. The van der Waals surface area contributed by atoms with Crippen molar-refractivity contribution < 1.29 is 4.74 Å². The van der Waals surface area contributed by atoms with E-state index in [4.69, 9.17) is 4.74 Å². The van der Waals surface area contributed by atoms with Gasteiger partial charge < -0.3 is 10.1 Å². The third-order valence-electron chi connectivity index (χ3n) is 3.08. The Morgan fingerprint density at radius 1 is 1.20 bits per heavy atom. The summed E-state index contributed by atoms with van der Waals surface area (Å²) in [5.41, 5.74) is 0. The molecule has 1 N–H and O–H groups in total. The quantitative estimate of drug-likeness (QED) is 0.620. The summed E-state index contributed by atoms with van der Waals surface area (Å²) in [7, 11) is 0. The summed E-state index contributed by atoms with van der Waals surface area (Å²) < 4.78 is 6.72. The molecule has 0 spiro atoms. The van der Waals surface area contributed by atoms with Gasteiger partial charge in [-0.3, -0.25) is 0 Å². The number of rotatable bonds is 10. The van der Waals surface area contributed by atoms with Crippen LogP contribution in [0.5, 0.6) is 5.88 Å². The van der Waals surface area contributed by atoms with Gasteiger partial charge in [0, 0.05) is 6.54 Å². The van der Waals surface area contributed by atoms with E-state index in [2.05, 4.69) is 52.0 Å². The molecule has 1 aromatic rings. The normalized spacial score (nSPS) is 12.2. The van der Waals surface area contributed by atoms with Crippen LogP contribution >= 0.6 is 15.9 Å². The molecule has 0 saturated carbocycles. The maximum atomic E-state index is 5.91. The predicted octanol–water partition coefficient (Wildman–Crippen LogP) is 4.80. The van der Waals surface area contributed by atoms with Gasteiger partial charge in [0.15, 0.2) is 0 Å². The lowest BCUT2D eigenvalue weighted by molar-refractivity contribution is 0.196. The van der Waals surface area contributed by atoms with Crippen molar-refractivity contribution in [3.63, 3.8) is 0 Å². The van der Waals surface area contributed by atoms with E-state index in [0.717, 1.165) is 29.7 Å². The number of unbranched alkanes of at least 4 members (excludes halogenated alkanes) is 3. The fourth-order valence-corrected chi connectivity index (χ4v) is 2.35. The molecule has 1 rings (SSSR count). The summed E-state index contributed by atoms with van der Waals surface area (Å²) in [6, 6.07) is 0. The summed E-state index contributed by atoms with van der Waals surface area (Å²) in [4.78, 5) is 8.43. The molecule has 1 unspecified atom stereocenters. The fraction of sp³-hybridized carbons (Fsp3) is 0.733. The SMILES string of the molecule is CCCCCCC(C)Oc1ncnc(NCCC)c1Br. The Hall–Kier alpha value is -0.840. The first-order valence-corrected chi connectivity index (χ1v) is 8.39. The Morgan fingerprint density at radius 3 is 2.70 bits per heavy atom. The molecule has 20 heavy (non-hydrogen) atoms. The van der Waals surface area contributed by atoms with E-state index < -0.39 is 0 Å². The number of halogens is 1. The Labute approximate surface area is 130 Å². The van der Waals surface area contributed by atoms with E-state index in [1.807, 2.05) is 0 Å². The van der Waals surface area contributed by atoms with E-state index in [-0.39, 0.29) is 6.10 Å². The smallest absolute Gasteiger partial charge is 0.233 e. The van der Waals surface area contributed by atoms with Crippen LogP contribution in [0.25, 0.3) is 0 Å². The van der Waals surface area contributed by atoms with Crippen molar-refractivity contribution in [1.82, 2.24) is 9.97 Å². The second kappa shape index (κ2) is 9.97. The zero-order valence-electron chi connectivity index (χ0n) is 12.8. The predicted molar refractivity (Wildman–Crippen MR) is 87.4 cm³/mol. The Bertz CT molecular complexity index is 387. The number of nitrogens with one attached hydrogen (secondary N) is 1. The third-order valence-corrected chi connectivity index (χ3v) is 3.79. The average Bonchev–Trinajstić information content (AvgIpc) is 2.44. The molecule has 5 heteroatoms. The van der Waals surface area contributed by atoms with Gasteiger partial charge in [-0.25, -0.2) is 9.97 Å². The highest BCUT2D eigenvalue weighted by atomic mass is 79.9. The highest BCUT2D eigenvalue weighted by Gasteiger charge is 2.12. The number of aromatic nitrogens is 2. The van der Waals surface area contributed by atoms with Crippen molar-refractivity contribution in [3.8, 4) is 5.88 Å². The molecule has 0 amide bonds. The largest absolute Gasteiger partial charge is 0.474 e. The van der Waals surface area contributed by atoms with Gasteiger partial charge in [0.25, 0.3) is 0 Å². The lowest BCUT2D eigenvalue weighted by Gasteiger charge is -2.16. The van der Waals surface area contributed by atoms with Gasteiger partial charge in [-0.2, -0.15) is 0 Å². The molecule has 0 saturated heterocycles. The summed E-state index contributed by atoms with van der Waals surface area (Å²) in [6.45, 7) is 7.34. The van der Waals surface area contributed by atoms with E-state index >= 15 is 0 Å². The van der Waals surface area contributed by atoms with Crippen LogP contribution in [0.1, 0.15) is 59.3 Å². The first-order chi connectivity index (χ1) is 9.69. The topological polar surface area (TPSA) is 47.0 Å². The lowest BCUT2D eigenvalue weighted by atomic mass is 10.1. The maximum absolute atomic E-state index is 5.91. The molecule has 4 nitrogen and oxygen atoms in total. The molecular formula is C15H26BrN3O. The molecule has 0 aromatic carbocycles. The fourth-order valence-electron chi connectivity index (χ4n) is 1.91. The first kappa shape index (κ1) is 17.2. The van der Waals surface area contributed by atoms with Crippen LogP contribution in [0.2, 0.25) is 0 Å². The van der Waals surface area contributed by atoms with Gasteiger partial charge in [-0.1, -0.05) is 33.1 Å². The van der Waals surface area contributed by atoms with Crippen molar-refractivity contribution >= 4 is 21.7 Å². The van der Waals surface area contributed by atoms with Gasteiger partial charge in [0.2, 0.25) is 5.88 Å². The molecule has 0 aliphatic rings. The Morgan fingerprint density at radius 2 is 2.00 bits per heavy atom. The monoisotopic (exact) mass is 343 g/mol.